The van der Waals surface area contributed by atoms with Gasteiger partial charge in [0.2, 0.25) is 0 Å². The van der Waals surface area contributed by atoms with Gasteiger partial charge in [-0.05, 0) is 25.9 Å². The summed E-state index contributed by atoms with van der Waals surface area (Å²) in [6.07, 6.45) is 1.90. The van der Waals surface area contributed by atoms with Crippen molar-refractivity contribution in [3.63, 3.8) is 0 Å². The SMILES string of the molecule is CCN(CCO)CC1(O)CCCNC1. The largest absolute Gasteiger partial charge is 0.395 e. The maximum atomic E-state index is 10.2. The standard InChI is InChI=1S/C10H22N2O2/c1-2-12(6-7-13)9-10(14)4-3-5-11-8-10/h11,13-14H,2-9H2,1H3. The fourth-order valence-corrected chi connectivity index (χ4v) is 1.99. The first-order chi connectivity index (χ1) is 6.70. The molecule has 0 aliphatic carbocycles. The van der Waals surface area contributed by atoms with Gasteiger partial charge >= 0.3 is 0 Å². The minimum atomic E-state index is -0.594. The Morgan fingerprint density at radius 2 is 2.29 bits per heavy atom. The molecule has 84 valence electrons. The van der Waals surface area contributed by atoms with Crippen LogP contribution in [0.4, 0.5) is 0 Å². The molecule has 1 aliphatic heterocycles. The lowest BCUT2D eigenvalue weighted by Crippen LogP contribution is -2.53. The van der Waals surface area contributed by atoms with Crippen molar-refractivity contribution in [3.05, 3.63) is 0 Å². The van der Waals surface area contributed by atoms with Gasteiger partial charge in [-0.25, -0.2) is 0 Å². The summed E-state index contributed by atoms with van der Waals surface area (Å²) in [7, 11) is 0. The lowest BCUT2D eigenvalue weighted by Gasteiger charge is -2.36. The van der Waals surface area contributed by atoms with Gasteiger partial charge in [0.15, 0.2) is 0 Å². The van der Waals surface area contributed by atoms with Gasteiger partial charge in [0.05, 0.1) is 12.2 Å². The molecule has 1 aliphatic rings. The van der Waals surface area contributed by atoms with Crippen molar-refractivity contribution < 1.29 is 10.2 Å². The minimum Gasteiger partial charge on any atom is -0.395 e. The maximum absolute atomic E-state index is 10.2. The lowest BCUT2D eigenvalue weighted by molar-refractivity contribution is -0.0169. The summed E-state index contributed by atoms with van der Waals surface area (Å²) in [5, 5.41) is 22.3. The van der Waals surface area contributed by atoms with E-state index in [4.69, 9.17) is 5.11 Å². The Kier molecular flexibility index (Phi) is 4.81. The number of hydrogen-bond acceptors (Lipinski definition) is 4. The van der Waals surface area contributed by atoms with Gasteiger partial charge in [-0.3, -0.25) is 4.90 Å². The molecule has 0 aromatic carbocycles. The molecule has 3 N–H and O–H groups in total. The smallest absolute Gasteiger partial charge is 0.0898 e. The predicted octanol–water partition coefficient (Wildman–Crippen LogP) is -0.585. The number of piperidine rings is 1. The van der Waals surface area contributed by atoms with Crippen LogP contribution >= 0.6 is 0 Å². The minimum absolute atomic E-state index is 0.164. The molecular weight excluding hydrogens is 180 g/mol. The first-order valence-electron chi connectivity index (χ1n) is 5.46. The van der Waals surface area contributed by atoms with Crippen LogP contribution in [0.1, 0.15) is 19.8 Å². The van der Waals surface area contributed by atoms with Crippen LogP contribution in [0.5, 0.6) is 0 Å². The lowest BCUT2D eigenvalue weighted by atomic mass is 9.93. The first kappa shape index (κ1) is 11.9. The summed E-state index contributed by atoms with van der Waals surface area (Å²) in [6.45, 7) is 6.09. The van der Waals surface area contributed by atoms with Crippen LogP contribution in [0.3, 0.4) is 0 Å². The van der Waals surface area contributed by atoms with Crippen LogP contribution in [-0.2, 0) is 0 Å². The van der Waals surface area contributed by atoms with E-state index < -0.39 is 5.60 Å². The number of aliphatic hydroxyl groups excluding tert-OH is 1. The van der Waals surface area contributed by atoms with Gasteiger partial charge in [-0.15, -0.1) is 0 Å². The number of nitrogens with zero attached hydrogens (tertiary/aromatic N) is 1. The Morgan fingerprint density at radius 1 is 1.50 bits per heavy atom. The highest BCUT2D eigenvalue weighted by molar-refractivity contribution is 4.87. The molecule has 1 unspecified atom stereocenters. The van der Waals surface area contributed by atoms with Crippen LogP contribution in [0.2, 0.25) is 0 Å². The van der Waals surface area contributed by atoms with Gasteiger partial charge in [-0.1, -0.05) is 6.92 Å². The third-order valence-electron chi connectivity index (χ3n) is 2.83. The van der Waals surface area contributed by atoms with Crippen molar-refractivity contribution in [1.82, 2.24) is 10.2 Å². The molecule has 14 heavy (non-hydrogen) atoms. The van der Waals surface area contributed by atoms with Crippen molar-refractivity contribution in [2.45, 2.75) is 25.4 Å². The first-order valence-corrected chi connectivity index (χ1v) is 5.46. The Bertz CT molecular complexity index is 158. The van der Waals surface area contributed by atoms with E-state index in [1.807, 2.05) is 0 Å². The predicted molar refractivity (Wildman–Crippen MR) is 56.3 cm³/mol. The number of aliphatic hydroxyl groups is 2. The van der Waals surface area contributed by atoms with Crippen molar-refractivity contribution in [3.8, 4) is 0 Å². The van der Waals surface area contributed by atoms with Crippen LogP contribution in [0.25, 0.3) is 0 Å². The van der Waals surface area contributed by atoms with E-state index >= 15 is 0 Å². The monoisotopic (exact) mass is 202 g/mol. The van der Waals surface area contributed by atoms with E-state index in [1.165, 1.54) is 0 Å². The average molecular weight is 202 g/mol. The highest BCUT2D eigenvalue weighted by Crippen LogP contribution is 2.17. The summed E-state index contributed by atoms with van der Waals surface area (Å²) in [4.78, 5) is 2.09. The zero-order valence-corrected chi connectivity index (χ0v) is 9.00. The number of nitrogens with one attached hydrogen (secondary N) is 1. The van der Waals surface area contributed by atoms with Crippen molar-refractivity contribution in [2.24, 2.45) is 0 Å². The third-order valence-corrected chi connectivity index (χ3v) is 2.83. The molecule has 0 aromatic rings. The van der Waals surface area contributed by atoms with E-state index in [-0.39, 0.29) is 6.61 Å². The fourth-order valence-electron chi connectivity index (χ4n) is 1.99. The zero-order chi connectivity index (χ0) is 10.4. The maximum Gasteiger partial charge on any atom is 0.0898 e. The van der Waals surface area contributed by atoms with E-state index in [0.717, 1.165) is 25.9 Å². The number of likely N-dealkylation sites (N-methyl/N-ethyl adjacent to an activating group) is 1. The molecule has 0 aromatic heterocycles. The second-order valence-corrected chi connectivity index (χ2v) is 4.10. The van der Waals surface area contributed by atoms with Crippen LogP contribution in [-0.4, -0.2) is 60.0 Å². The normalized spacial score (nSPS) is 28.3. The van der Waals surface area contributed by atoms with Crippen LogP contribution in [0.15, 0.2) is 0 Å². The summed E-state index contributed by atoms with van der Waals surface area (Å²) in [5.74, 6) is 0. The second kappa shape index (κ2) is 5.66. The van der Waals surface area contributed by atoms with E-state index in [2.05, 4.69) is 17.1 Å². The molecule has 0 radical (unpaired) electrons. The Morgan fingerprint density at radius 3 is 2.79 bits per heavy atom. The molecule has 0 bridgehead atoms. The summed E-state index contributed by atoms with van der Waals surface area (Å²) in [5.41, 5.74) is -0.594. The summed E-state index contributed by atoms with van der Waals surface area (Å²) >= 11 is 0. The van der Waals surface area contributed by atoms with E-state index in [0.29, 0.717) is 19.6 Å². The van der Waals surface area contributed by atoms with E-state index in [1.54, 1.807) is 0 Å². The number of rotatable bonds is 5. The molecule has 1 rings (SSSR count). The molecular formula is C10H22N2O2. The molecule has 0 amide bonds. The van der Waals surface area contributed by atoms with Gasteiger partial charge in [0.1, 0.15) is 0 Å². The van der Waals surface area contributed by atoms with Crippen LogP contribution < -0.4 is 5.32 Å². The number of hydrogen-bond donors (Lipinski definition) is 3. The molecule has 0 saturated carbocycles. The Hall–Kier alpha value is -0.160. The van der Waals surface area contributed by atoms with E-state index in [9.17, 15) is 5.11 Å². The van der Waals surface area contributed by atoms with Crippen molar-refractivity contribution in [1.29, 1.82) is 0 Å². The topological polar surface area (TPSA) is 55.7 Å². The highest BCUT2D eigenvalue weighted by Gasteiger charge is 2.30. The molecule has 1 heterocycles. The second-order valence-electron chi connectivity index (χ2n) is 4.10. The molecule has 0 spiro atoms. The Balaban J connectivity index is 2.38. The average Bonchev–Trinajstić information content (AvgIpc) is 2.18. The van der Waals surface area contributed by atoms with Gasteiger partial charge in [-0.2, -0.15) is 0 Å². The summed E-state index contributed by atoms with van der Waals surface area (Å²) < 4.78 is 0. The fraction of sp³-hybridized carbons (Fsp3) is 1.00. The van der Waals surface area contributed by atoms with Crippen molar-refractivity contribution >= 4 is 0 Å². The number of β-amino-alcohol motifs (C(OH)–C–C–N with tert-alkyl or cyclic N) is 1. The molecule has 4 heteroatoms. The third kappa shape index (κ3) is 3.53. The zero-order valence-electron chi connectivity index (χ0n) is 9.00. The highest BCUT2D eigenvalue weighted by atomic mass is 16.3. The quantitative estimate of drug-likeness (QED) is 0.558. The van der Waals surface area contributed by atoms with Crippen molar-refractivity contribution in [2.75, 3.05) is 39.3 Å². The Labute approximate surface area is 85.9 Å². The summed E-state index contributed by atoms with van der Waals surface area (Å²) in [6, 6.07) is 0. The van der Waals surface area contributed by atoms with Gasteiger partial charge in [0, 0.05) is 19.6 Å². The van der Waals surface area contributed by atoms with Gasteiger partial charge < -0.3 is 15.5 Å². The van der Waals surface area contributed by atoms with Gasteiger partial charge in [0.25, 0.3) is 0 Å². The molecule has 1 atom stereocenters. The molecule has 4 nitrogen and oxygen atoms in total. The molecule has 1 fully saturated rings. The molecule has 1 saturated heterocycles. The van der Waals surface area contributed by atoms with Crippen LogP contribution in [0, 0.1) is 0 Å².